The molecule has 2 aromatic heterocycles. The van der Waals surface area contributed by atoms with Crippen molar-refractivity contribution in [1.82, 2.24) is 20.2 Å². The summed E-state index contributed by atoms with van der Waals surface area (Å²) in [5.74, 6) is 0.415. The van der Waals surface area contributed by atoms with Gasteiger partial charge in [0.05, 0.1) is 12.1 Å². The molecule has 1 aliphatic rings. The first-order chi connectivity index (χ1) is 11.7. The minimum absolute atomic E-state index is 0.0536. The van der Waals surface area contributed by atoms with E-state index in [1.54, 1.807) is 12.1 Å². The number of halogens is 1. The molecule has 0 radical (unpaired) electrons. The first kappa shape index (κ1) is 15.4. The summed E-state index contributed by atoms with van der Waals surface area (Å²) in [5.41, 5.74) is 1.57. The molecule has 3 aromatic rings. The van der Waals surface area contributed by atoms with E-state index < -0.39 is 0 Å². The van der Waals surface area contributed by atoms with E-state index in [0.29, 0.717) is 17.1 Å². The lowest BCUT2D eigenvalue weighted by Crippen LogP contribution is -2.45. The number of fused-ring (bicyclic) bond motifs is 1. The molecule has 0 aliphatic carbocycles. The van der Waals surface area contributed by atoms with Crippen LogP contribution in [0, 0.1) is 5.82 Å². The lowest BCUT2D eigenvalue weighted by Gasteiger charge is -2.36. The summed E-state index contributed by atoms with van der Waals surface area (Å²) < 4.78 is 14.2. The highest BCUT2D eigenvalue weighted by atomic mass is 32.1. The van der Waals surface area contributed by atoms with Crippen LogP contribution in [0.3, 0.4) is 0 Å². The minimum atomic E-state index is -0.232. The van der Waals surface area contributed by atoms with Crippen molar-refractivity contribution in [3.63, 3.8) is 0 Å². The van der Waals surface area contributed by atoms with E-state index in [2.05, 4.69) is 20.2 Å². The molecule has 1 unspecified atom stereocenters. The van der Waals surface area contributed by atoms with Crippen LogP contribution in [0.15, 0.2) is 40.5 Å². The number of rotatable bonds is 3. The van der Waals surface area contributed by atoms with Crippen LogP contribution in [0.4, 0.5) is 4.39 Å². The Morgan fingerprint density at radius 2 is 2.29 bits per heavy atom. The smallest absolute Gasteiger partial charge is 0.268 e. The van der Waals surface area contributed by atoms with E-state index in [-0.39, 0.29) is 17.4 Å². The first-order valence-corrected chi connectivity index (χ1v) is 8.75. The van der Waals surface area contributed by atoms with E-state index in [4.69, 9.17) is 0 Å². The molecule has 1 fully saturated rings. The predicted octanol–water partition coefficient (Wildman–Crippen LogP) is 2.27. The monoisotopic (exact) mass is 344 g/mol. The van der Waals surface area contributed by atoms with E-state index in [9.17, 15) is 9.18 Å². The summed E-state index contributed by atoms with van der Waals surface area (Å²) in [7, 11) is 0. The van der Waals surface area contributed by atoms with Crippen LogP contribution in [0.2, 0.25) is 0 Å². The zero-order chi connectivity index (χ0) is 16.5. The second kappa shape index (κ2) is 6.43. The Morgan fingerprint density at radius 3 is 3.17 bits per heavy atom. The highest BCUT2D eigenvalue weighted by Crippen LogP contribution is 2.24. The highest BCUT2D eigenvalue weighted by molar-refractivity contribution is 7.17. The van der Waals surface area contributed by atoms with Crippen molar-refractivity contribution in [3.8, 4) is 0 Å². The number of nitrogens with one attached hydrogen (secondary N) is 2. The van der Waals surface area contributed by atoms with Gasteiger partial charge >= 0.3 is 0 Å². The van der Waals surface area contributed by atoms with Crippen LogP contribution < -0.4 is 10.9 Å². The molecule has 3 heterocycles. The number of H-pyrrole nitrogens is 1. The Labute approximate surface area is 142 Å². The molecule has 1 saturated heterocycles. The van der Waals surface area contributed by atoms with Gasteiger partial charge in [-0.1, -0.05) is 12.1 Å². The van der Waals surface area contributed by atoms with Gasteiger partial charge in [-0.05, 0) is 29.1 Å². The maximum absolute atomic E-state index is 13.6. The van der Waals surface area contributed by atoms with Crippen LogP contribution in [0.1, 0.15) is 17.4 Å². The molecule has 24 heavy (non-hydrogen) atoms. The highest BCUT2D eigenvalue weighted by Gasteiger charge is 2.25. The van der Waals surface area contributed by atoms with E-state index >= 15 is 0 Å². The summed E-state index contributed by atoms with van der Waals surface area (Å²) >= 11 is 1.40. The maximum Gasteiger partial charge on any atom is 0.268 e. The number of benzene rings is 1. The van der Waals surface area contributed by atoms with Crippen molar-refractivity contribution in [1.29, 1.82) is 0 Å². The summed E-state index contributed by atoms with van der Waals surface area (Å²) in [6, 6.07) is 8.61. The lowest BCUT2D eigenvalue weighted by molar-refractivity contribution is 0.149. The SMILES string of the molecule is O=c1[nH]c(CN2CCNCC2c2cccc(F)c2)nc2ccsc12. The standard InChI is InChI=1S/C17H17FN4OS/c18-12-3-1-2-11(8-12)14-9-19-5-6-22(14)10-15-20-13-4-7-24-16(13)17(23)21-15/h1-4,7-8,14,19H,5-6,9-10H2,(H,20,21,23). The number of hydrogen-bond donors (Lipinski definition) is 2. The van der Waals surface area contributed by atoms with E-state index in [1.165, 1.54) is 17.4 Å². The van der Waals surface area contributed by atoms with Crippen LogP contribution >= 0.6 is 11.3 Å². The Hall–Kier alpha value is -2.09. The van der Waals surface area contributed by atoms with Crippen molar-refractivity contribution in [2.75, 3.05) is 19.6 Å². The van der Waals surface area contributed by atoms with Gasteiger partial charge in [-0.15, -0.1) is 11.3 Å². The molecular formula is C17H17FN4OS. The number of aromatic nitrogens is 2. The fraction of sp³-hybridized carbons (Fsp3) is 0.294. The molecule has 1 aromatic carbocycles. The van der Waals surface area contributed by atoms with Gasteiger partial charge in [-0.25, -0.2) is 9.37 Å². The third-order valence-electron chi connectivity index (χ3n) is 4.30. The van der Waals surface area contributed by atoms with Gasteiger partial charge in [0.25, 0.3) is 5.56 Å². The zero-order valence-corrected chi connectivity index (χ0v) is 13.8. The van der Waals surface area contributed by atoms with Crippen molar-refractivity contribution in [3.05, 3.63) is 63.3 Å². The van der Waals surface area contributed by atoms with Gasteiger partial charge in [0, 0.05) is 25.7 Å². The van der Waals surface area contributed by atoms with Gasteiger partial charge in [0.2, 0.25) is 0 Å². The van der Waals surface area contributed by atoms with E-state index in [1.807, 2.05) is 17.5 Å². The van der Waals surface area contributed by atoms with E-state index in [0.717, 1.165) is 30.7 Å². The summed E-state index contributed by atoms with van der Waals surface area (Å²) in [5, 5.41) is 5.22. The zero-order valence-electron chi connectivity index (χ0n) is 13.0. The Kier molecular flexibility index (Phi) is 4.13. The molecule has 0 amide bonds. The van der Waals surface area contributed by atoms with Crippen LogP contribution in [-0.4, -0.2) is 34.5 Å². The Morgan fingerprint density at radius 1 is 1.38 bits per heavy atom. The second-order valence-corrected chi connectivity index (χ2v) is 6.81. The largest absolute Gasteiger partial charge is 0.314 e. The number of piperazine rings is 1. The molecule has 5 nitrogen and oxygen atoms in total. The fourth-order valence-corrected chi connectivity index (χ4v) is 3.89. The summed E-state index contributed by atoms with van der Waals surface area (Å²) in [4.78, 5) is 21.8. The van der Waals surface area contributed by atoms with Gasteiger partial charge < -0.3 is 10.3 Å². The average Bonchev–Trinajstić information content (AvgIpc) is 3.04. The topological polar surface area (TPSA) is 61.0 Å². The van der Waals surface area contributed by atoms with Crippen LogP contribution in [-0.2, 0) is 6.54 Å². The number of hydrogen-bond acceptors (Lipinski definition) is 5. The minimum Gasteiger partial charge on any atom is -0.314 e. The third-order valence-corrected chi connectivity index (χ3v) is 5.21. The van der Waals surface area contributed by atoms with Gasteiger partial charge in [0.15, 0.2) is 0 Å². The summed E-state index contributed by atoms with van der Waals surface area (Å²) in [6.45, 7) is 2.95. The van der Waals surface area contributed by atoms with Crippen molar-refractivity contribution >= 4 is 21.6 Å². The van der Waals surface area contributed by atoms with Gasteiger partial charge in [0.1, 0.15) is 16.3 Å². The van der Waals surface area contributed by atoms with Crippen LogP contribution in [0.25, 0.3) is 10.2 Å². The molecule has 1 atom stereocenters. The molecule has 0 saturated carbocycles. The second-order valence-electron chi connectivity index (χ2n) is 5.89. The number of nitrogens with zero attached hydrogens (tertiary/aromatic N) is 2. The molecule has 7 heteroatoms. The quantitative estimate of drug-likeness (QED) is 0.765. The third kappa shape index (κ3) is 2.98. The van der Waals surface area contributed by atoms with Crippen molar-refractivity contribution in [2.24, 2.45) is 0 Å². The molecule has 0 bridgehead atoms. The van der Waals surface area contributed by atoms with Gasteiger partial charge in [-0.2, -0.15) is 0 Å². The summed E-state index contributed by atoms with van der Waals surface area (Å²) in [6.07, 6.45) is 0. The number of thiophene rings is 1. The van der Waals surface area contributed by atoms with Crippen molar-refractivity contribution < 1.29 is 4.39 Å². The Bertz CT molecular complexity index is 922. The number of aromatic amines is 1. The predicted molar refractivity (Wildman–Crippen MR) is 92.7 cm³/mol. The first-order valence-electron chi connectivity index (χ1n) is 7.87. The average molecular weight is 344 g/mol. The maximum atomic E-state index is 13.6. The Balaban J connectivity index is 1.64. The van der Waals surface area contributed by atoms with Gasteiger partial charge in [-0.3, -0.25) is 9.69 Å². The molecule has 0 spiro atoms. The van der Waals surface area contributed by atoms with Crippen molar-refractivity contribution in [2.45, 2.75) is 12.6 Å². The molecule has 2 N–H and O–H groups in total. The molecular weight excluding hydrogens is 327 g/mol. The van der Waals surface area contributed by atoms with Crippen LogP contribution in [0.5, 0.6) is 0 Å². The lowest BCUT2D eigenvalue weighted by atomic mass is 10.0. The molecule has 4 rings (SSSR count). The fourth-order valence-electron chi connectivity index (χ4n) is 3.17. The normalized spacial score (nSPS) is 19.0. The molecule has 1 aliphatic heterocycles. The molecule has 124 valence electrons.